The van der Waals surface area contributed by atoms with E-state index in [2.05, 4.69) is 5.32 Å². The second-order valence-electron chi connectivity index (χ2n) is 4.98. The molecule has 0 atom stereocenters. The molecule has 2 rings (SSSR count). The highest BCUT2D eigenvalue weighted by Crippen LogP contribution is 2.48. The smallest absolute Gasteiger partial charge is 0.144 e. The van der Waals surface area contributed by atoms with E-state index in [1.807, 2.05) is 25.1 Å². The molecule has 0 saturated heterocycles. The van der Waals surface area contributed by atoms with Crippen molar-refractivity contribution in [2.75, 3.05) is 30.8 Å². The van der Waals surface area contributed by atoms with Crippen LogP contribution in [0.3, 0.4) is 0 Å². The molecule has 18 heavy (non-hydrogen) atoms. The van der Waals surface area contributed by atoms with Crippen LogP contribution in [0.1, 0.15) is 26.2 Å². The minimum Gasteiger partial charge on any atom is -0.492 e. The summed E-state index contributed by atoms with van der Waals surface area (Å²) in [5.41, 5.74) is 7.92. The van der Waals surface area contributed by atoms with E-state index in [0.29, 0.717) is 12.3 Å². The van der Waals surface area contributed by atoms with Gasteiger partial charge in [-0.1, -0.05) is 6.07 Å². The molecule has 0 aromatic heterocycles. The fourth-order valence-corrected chi connectivity index (χ4v) is 2.19. The van der Waals surface area contributed by atoms with Gasteiger partial charge >= 0.3 is 0 Å². The minimum atomic E-state index is 0.260. The molecule has 0 spiro atoms. The highest BCUT2D eigenvalue weighted by Gasteiger charge is 2.41. The monoisotopic (exact) mass is 250 g/mol. The Morgan fingerprint density at radius 2 is 2.22 bits per heavy atom. The van der Waals surface area contributed by atoms with Crippen molar-refractivity contribution in [2.24, 2.45) is 5.41 Å². The lowest BCUT2D eigenvalue weighted by atomic mass is 10.0. The van der Waals surface area contributed by atoms with E-state index in [1.165, 1.54) is 12.8 Å². The molecule has 4 heteroatoms. The molecule has 0 heterocycles. The van der Waals surface area contributed by atoms with E-state index in [0.717, 1.165) is 24.4 Å². The molecule has 1 aromatic carbocycles. The fourth-order valence-electron chi connectivity index (χ4n) is 2.19. The van der Waals surface area contributed by atoms with E-state index in [-0.39, 0.29) is 12.0 Å². The predicted octanol–water partition coefficient (Wildman–Crippen LogP) is 2.24. The van der Waals surface area contributed by atoms with Gasteiger partial charge in [0.25, 0.3) is 0 Å². The molecule has 100 valence electrons. The number of benzene rings is 1. The number of aliphatic hydroxyl groups excluding tert-OH is 1. The van der Waals surface area contributed by atoms with Crippen molar-refractivity contribution in [3.63, 3.8) is 0 Å². The van der Waals surface area contributed by atoms with Gasteiger partial charge in [-0.05, 0) is 43.7 Å². The molecule has 1 aliphatic rings. The maximum absolute atomic E-state index is 9.04. The first-order chi connectivity index (χ1) is 8.71. The number of ether oxygens (including phenoxy) is 1. The molecule has 1 saturated carbocycles. The molecule has 0 radical (unpaired) electrons. The first kappa shape index (κ1) is 13.0. The molecule has 0 aliphatic heterocycles. The van der Waals surface area contributed by atoms with Gasteiger partial charge in [-0.2, -0.15) is 0 Å². The third kappa shape index (κ3) is 2.88. The maximum atomic E-state index is 9.04. The van der Waals surface area contributed by atoms with Crippen molar-refractivity contribution in [1.82, 2.24) is 0 Å². The molecule has 1 fully saturated rings. The largest absolute Gasteiger partial charge is 0.492 e. The standard InChI is InChI=1S/C14H22N2O2/c1-2-18-12-5-3-4-11(13(12)15)16-10-14(6-7-14)8-9-17/h3-5,16-17H,2,6-10,15H2,1H3. The average Bonchev–Trinajstić information content (AvgIpc) is 3.11. The number of hydrogen-bond acceptors (Lipinski definition) is 4. The summed E-state index contributed by atoms with van der Waals surface area (Å²) in [5, 5.41) is 12.4. The zero-order valence-corrected chi connectivity index (χ0v) is 10.9. The van der Waals surface area contributed by atoms with E-state index in [4.69, 9.17) is 15.6 Å². The second-order valence-corrected chi connectivity index (χ2v) is 4.98. The Morgan fingerprint density at radius 3 is 2.83 bits per heavy atom. The van der Waals surface area contributed by atoms with Crippen molar-refractivity contribution >= 4 is 11.4 Å². The summed E-state index contributed by atoms with van der Waals surface area (Å²) in [5.74, 6) is 0.731. The van der Waals surface area contributed by atoms with E-state index >= 15 is 0 Å². The van der Waals surface area contributed by atoms with Gasteiger partial charge in [-0.25, -0.2) is 0 Å². The van der Waals surface area contributed by atoms with Crippen LogP contribution in [0.2, 0.25) is 0 Å². The SMILES string of the molecule is CCOc1cccc(NCC2(CCO)CC2)c1N. The van der Waals surface area contributed by atoms with Crippen LogP contribution in [0.15, 0.2) is 18.2 Å². The molecule has 0 amide bonds. The van der Waals surface area contributed by atoms with E-state index in [9.17, 15) is 0 Å². The number of anilines is 2. The summed E-state index contributed by atoms with van der Waals surface area (Å²) < 4.78 is 5.47. The summed E-state index contributed by atoms with van der Waals surface area (Å²) >= 11 is 0. The lowest BCUT2D eigenvalue weighted by Gasteiger charge is -2.18. The molecule has 0 bridgehead atoms. The zero-order chi connectivity index (χ0) is 13.0. The van der Waals surface area contributed by atoms with Crippen molar-refractivity contribution < 1.29 is 9.84 Å². The third-order valence-corrected chi connectivity index (χ3v) is 3.62. The Bertz CT molecular complexity index is 403. The predicted molar refractivity (Wildman–Crippen MR) is 73.9 cm³/mol. The van der Waals surface area contributed by atoms with Gasteiger partial charge in [0.05, 0.1) is 18.0 Å². The lowest BCUT2D eigenvalue weighted by Crippen LogP contribution is -2.17. The van der Waals surface area contributed by atoms with Crippen LogP contribution >= 0.6 is 0 Å². The molecule has 0 unspecified atom stereocenters. The van der Waals surface area contributed by atoms with Gasteiger partial charge < -0.3 is 20.9 Å². The van der Waals surface area contributed by atoms with E-state index in [1.54, 1.807) is 0 Å². The molecule has 4 N–H and O–H groups in total. The summed E-state index contributed by atoms with van der Waals surface area (Å²) in [7, 11) is 0. The second kappa shape index (κ2) is 5.48. The van der Waals surface area contributed by atoms with Crippen molar-refractivity contribution in [2.45, 2.75) is 26.2 Å². The Kier molecular flexibility index (Phi) is 3.97. The van der Waals surface area contributed by atoms with Crippen LogP contribution in [-0.2, 0) is 0 Å². The number of hydrogen-bond donors (Lipinski definition) is 3. The van der Waals surface area contributed by atoms with Crippen molar-refractivity contribution in [3.05, 3.63) is 18.2 Å². The summed E-state index contributed by atoms with van der Waals surface area (Å²) in [6.07, 6.45) is 3.24. The topological polar surface area (TPSA) is 67.5 Å². The molecule has 1 aromatic rings. The molecular weight excluding hydrogens is 228 g/mol. The fraction of sp³-hybridized carbons (Fsp3) is 0.571. The highest BCUT2D eigenvalue weighted by molar-refractivity contribution is 5.73. The van der Waals surface area contributed by atoms with Gasteiger partial charge in [0.1, 0.15) is 5.75 Å². The maximum Gasteiger partial charge on any atom is 0.144 e. The quantitative estimate of drug-likeness (QED) is 0.649. The lowest BCUT2D eigenvalue weighted by molar-refractivity contribution is 0.253. The minimum absolute atomic E-state index is 0.260. The van der Waals surface area contributed by atoms with Gasteiger partial charge in [0, 0.05) is 13.2 Å². The Balaban J connectivity index is 1.99. The van der Waals surface area contributed by atoms with Crippen LogP contribution in [0.5, 0.6) is 5.75 Å². The van der Waals surface area contributed by atoms with Gasteiger partial charge in [0.15, 0.2) is 0 Å². The summed E-state index contributed by atoms with van der Waals surface area (Å²) in [6, 6.07) is 5.78. The van der Waals surface area contributed by atoms with Crippen LogP contribution in [0.4, 0.5) is 11.4 Å². The highest BCUT2D eigenvalue weighted by atomic mass is 16.5. The zero-order valence-electron chi connectivity index (χ0n) is 10.9. The molecule has 4 nitrogen and oxygen atoms in total. The normalized spacial score (nSPS) is 16.3. The van der Waals surface area contributed by atoms with Crippen LogP contribution in [0, 0.1) is 5.41 Å². The first-order valence-corrected chi connectivity index (χ1v) is 6.57. The number of aliphatic hydroxyl groups is 1. The third-order valence-electron chi connectivity index (χ3n) is 3.62. The summed E-state index contributed by atoms with van der Waals surface area (Å²) in [6.45, 7) is 3.69. The van der Waals surface area contributed by atoms with Crippen molar-refractivity contribution in [1.29, 1.82) is 0 Å². The molecule has 1 aliphatic carbocycles. The Labute approximate surface area is 108 Å². The van der Waals surface area contributed by atoms with E-state index < -0.39 is 0 Å². The number of nitrogen functional groups attached to an aromatic ring is 1. The van der Waals surface area contributed by atoms with Gasteiger partial charge in [0.2, 0.25) is 0 Å². The average molecular weight is 250 g/mol. The van der Waals surface area contributed by atoms with Gasteiger partial charge in [-0.15, -0.1) is 0 Å². The molecular formula is C14H22N2O2. The summed E-state index contributed by atoms with van der Waals surface area (Å²) in [4.78, 5) is 0. The Hall–Kier alpha value is -1.42. The first-order valence-electron chi connectivity index (χ1n) is 6.57. The number of rotatable bonds is 7. The van der Waals surface area contributed by atoms with Crippen molar-refractivity contribution in [3.8, 4) is 5.75 Å². The number of nitrogens with two attached hydrogens (primary N) is 1. The number of nitrogens with one attached hydrogen (secondary N) is 1. The van der Waals surface area contributed by atoms with Crippen LogP contribution in [-0.4, -0.2) is 24.9 Å². The van der Waals surface area contributed by atoms with Gasteiger partial charge in [-0.3, -0.25) is 0 Å². The number of para-hydroxylation sites is 1. The Morgan fingerprint density at radius 1 is 1.44 bits per heavy atom. The van der Waals surface area contributed by atoms with Crippen LogP contribution < -0.4 is 15.8 Å². The van der Waals surface area contributed by atoms with Crippen LogP contribution in [0.25, 0.3) is 0 Å².